The summed E-state index contributed by atoms with van der Waals surface area (Å²) < 4.78 is 6.46. The minimum absolute atomic E-state index is 0.565. The van der Waals surface area contributed by atoms with Gasteiger partial charge in [0.25, 0.3) is 5.78 Å². The molecule has 0 atom stereocenters. The normalized spacial score (nSPS) is 10.4. The van der Waals surface area contributed by atoms with Crippen LogP contribution in [0.5, 0.6) is 0 Å². The van der Waals surface area contributed by atoms with Crippen LogP contribution in [0.1, 0.15) is 5.69 Å². The molecule has 4 nitrogen and oxygen atoms in total. The van der Waals surface area contributed by atoms with Gasteiger partial charge in [0, 0.05) is 0 Å². The Morgan fingerprint density at radius 1 is 1.60 bits per heavy atom. The second-order valence-corrected chi connectivity index (χ2v) is 1.82. The van der Waals surface area contributed by atoms with Crippen molar-refractivity contribution in [2.24, 2.45) is 0 Å². The Hall–Kier alpha value is -1.58. The maximum Gasteiger partial charge on any atom is 0.267 e. The highest BCUT2D eigenvalue weighted by Gasteiger charge is 2.00. The molecule has 0 saturated carbocycles. The fourth-order valence-electron chi connectivity index (χ4n) is 0.791. The summed E-state index contributed by atoms with van der Waals surface area (Å²) in [6, 6.07) is 0. The van der Waals surface area contributed by atoms with Crippen molar-refractivity contribution in [3.05, 3.63) is 24.9 Å². The summed E-state index contributed by atoms with van der Waals surface area (Å²) in [6.07, 6.45) is 4.65. The van der Waals surface area contributed by atoms with E-state index in [2.05, 4.69) is 16.5 Å². The zero-order valence-corrected chi connectivity index (χ0v) is 5.19. The fourth-order valence-corrected chi connectivity index (χ4v) is 0.791. The highest BCUT2D eigenvalue weighted by Crippen LogP contribution is 2.03. The molecule has 0 aliphatic rings. The number of hydrogen-bond donors (Lipinski definition) is 0. The third-order valence-electron chi connectivity index (χ3n) is 1.26. The van der Waals surface area contributed by atoms with Gasteiger partial charge >= 0.3 is 0 Å². The van der Waals surface area contributed by atoms with Crippen molar-refractivity contribution in [2.45, 2.75) is 0 Å². The first-order chi connectivity index (χ1) is 4.92. The van der Waals surface area contributed by atoms with Crippen molar-refractivity contribution in [1.82, 2.24) is 14.5 Å². The van der Waals surface area contributed by atoms with Crippen molar-refractivity contribution in [1.29, 1.82) is 0 Å². The van der Waals surface area contributed by atoms with Gasteiger partial charge in [-0.2, -0.15) is 4.98 Å². The minimum Gasteiger partial charge on any atom is -0.359 e. The van der Waals surface area contributed by atoms with E-state index in [4.69, 9.17) is 4.52 Å². The molecule has 50 valence electrons. The van der Waals surface area contributed by atoms with Crippen LogP contribution in [0.25, 0.3) is 11.9 Å². The van der Waals surface area contributed by atoms with Gasteiger partial charge in [-0.15, -0.1) is 4.57 Å². The summed E-state index contributed by atoms with van der Waals surface area (Å²) in [5.41, 5.74) is 0.812. The third-order valence-corrected chi connectivity index (χ3v) is 1.26. The molecule has 0 unspecified atom stereocenters. The Labute approximate surface area is 56.8 Å². The van der Waals surface area contributed by atoms with Gasteiger partial charge in [0.05, 0.1) is 6.20 Å². The largest absolute Gasteiger partial charge is 0.359 e. The maximum atomic E-state index is 4.95. The molecule has 4 heteroatoms. The van der Waals surface area contributed by atoms with Gasteiger partial charge in [-0.1, -0.05) is 6.58 Å². The summed E-state index contributed by atoms with van der Waals surface area (Å²) in [6.45, 7) is 3.58. The van der Waals surface area contributed by atoms with Crippen LogP contribution >= 0.6 is 0 Å². The lowest BCUT2D eigenvalue weighted by molar-refractivity contribution is 0.372. The summed E-state index contributed by atoms with van der Waals surface area (Å²) in [4.78, 5) is 7.76. The van der Waals surface area contributed by atoms with E-state index < -0.39 is 0 Å². The van der Waals surface area contributed by atoms with Crippen LogP contribution in [-0.4, -0.2) is 14.5 Å². The monoisotopic (exact) mass is 135 g/mol. The van der Waals surface area contributed by atoms with Crippen LogP contribution < -0.4 is 0 Å². The molecule has 0 aliphatic heterocycles. The summed E-state index contributed by atoms with van der Waals surface area (Å²) in [5, 5.41) is 0. The van der Waals surface area contributed by atoms with Crippen molar-refractivity contribution in [3.63, 3.8) is 0 Å². The molecule has 0 amide bonds. The smallest absolute Gasteiger partial charge is 0.267 e. The SMILES string of the molecule is C=Cc1cnc2ncon12. The first-order valence-electron chi connectivity index (χ1n) is 2.81. The highest BCUT2D eigenvalue weighted by molar-refractivity contribution is 5.45. The first-order valence-corrected chi connectivity index (χ1v) is 2.81. The molecule has 0 aromatic carbocycles. The minimum atomic E-state index is 0.565. The van der Waals surface area contributed by atoms with Crippen molar-refractivity contribution in [3.8, 4) is 0 Å². The van der Waals surface area contributed by atoms with Gasteiger partial charge in [0.1, 0.15) is 5.69 Å². The van der Waals surface area contributed by atoms with Gasteiger partial charge in [-0.05, 0) is 6.08 Å². The van der Waals surface area contributed by atoms with Crippen LogP contribution in [0.2, 0.25) is 0 Å². The molecule has 2 aromatic heterocycles. The molecule has 0 N–H and O–H groups in total. The van der Waals surface area contributed by atoms with E-state index in [-0.39, 0.29) is 0 Å². The maximum absolute atomic E-state index is 4.95. The topological polar surface area (TPSA) is 43.3 Å². The molecule has 0 fully saturated rings. The van der Waals surface area contributed by atoms with E-state index in [1.165, 1.54) is 11.0 Å². The molecular weight excluding hydrogens is 130 g/mol. The Morgan fingerprint density at radius 3 is 3.30 bits per heavy atom. The molecular formula is C6H5N3O. The van der Waals surface area contributed by atoms with Crippen molar-refractivity contribution in [2.75, 3.05) is 0 Å². The molecule has 2 heterocycles. The molecule has 0 aliphatic carbocycles. The number of fused-ring (bicyclic) bond motifs is 1. The Kier molecular flexibility index (Phi) is 0.887. The van der Waals surface area contributed by atoms with Crippen molar-refractivity contribution >= 4 is 11.9 Å². The molecule has 2 rings (SSSR count). The lowest BCUT2D eigenvalue weighted by atomic mass is 10.5. The van der Waals surface area contributed by atoms with Gasteiger partial charge in [-0.3, -0.25) is 0 Å². The van der Waals surface area contributed by atoms with Gasteiger partial charge in [-0.25, -0.2) is 4.98 Å². The molecule has 0 spiro atoms. The molecule has 0 saturated heterocycles. The predicted molar refractivity (Wildman–Crippen MR) is 35.3 cm³/mol. The van der Waals surface area contributed by atoms with Gasteiger partial charge < -0.3 is 4.52 Å². The lowest BCUT2D eigenvalue weighted by Crippen LogP contribution is -1.78. The quantitative estimate of drug-likeness (QED) is 0.585. The fraction of sp³-hybridized carbons (Fsp3) is 0. The van der Waals surface area contributed by atoms with E-state index in [9.17, 15) is 0 Å². The average Bonchev–Trinajstić information content (AvgIpc) is 2.44. The second kappa shape index (κ2) is 1.70. The zero-order valence-electron chi connectivity index (χ0n) is 5.19. The zero-order chi connectivity index (χ0) is 6.97. The number of hydrogen-bond acceptors (Lipinski definition) is 3. The van der Waals surface area contributed by atoms with Crippen LogP contribution in [-0.2, 0) is 0 Å². The Balaban J connectivity index is 2.88. The van der Waals surface area contributed by atoms with Crippen LogP contribution in [0, 0.1) is 0 Å². The van der Waals surface area contributed by atoms with E-state index in [1.54, 1.807) is 12.3 Å². The Bertz CT molecular complexity index is 360. The van der Waals surface area contributed by atoms with Gasteiger partial charge in [0.2, 0.25) is 6.39 Å². The molecule has 0 radical (unpaired) electrons. The molecule has 0 bridgehead atoms. The number of rotatable bonds is 1. The third kappa shape index (κ3) is 0.500. The van der Waals surface area contributed by atoms with Crippen LogP contribution in [0.4, 0.5) is 0 Å². The van der Waals surface area contributed by atoms with E-state index in [0.717, 1.165) is 5.69 Å². The first kappa shape index (κ1) is 5.22. The van der Waals surface area contributed by atoms with Gasteiger partial charge in [0.15, 0.2) is 0 Å². The van der Waals surface area contributed by atoms with E-state index >= 15 is 0 Å². The number of aromatic nitrogens is 3. The lowest BCUT2D eigenvalue weighted by Gasteiger charge is -1.81. The predicted octanol–water partition coefficient (Wildman–Crippen LogP) is 0.965. The summed E-state index contributed by atoms with van der Waals surface area (Å²) in [7, 11) is 0. The van der Waals surface area contributed by atoms with Crippen molar-refractivity contribution < 1.29 is 4.52 Å². The standard InChI is InChI=1S/C6H5N3O/c1-2-5-3-7-6-8-4-10-9(5)6/h2-4H,1H2. The van der Waals surface area contributed by atoms with E-state index in [1.807, 2.05) is 0 Å². The second-order valence-electron chi connectivity index (χ2n) is 1.82. The molecule has 10 heavy (non-hydrogen) atoms. The summed E-state index contributed by atoms with van der Waals surface area (Å²) >= 11 is 0. The average molecular weight is 135 g/mol. The van der Waals surface area contributed by atoms with Crippen LogP contribution in [0.15, 0.2) is 23.7 Å². The van der Waals surface area contributed by atoms with Crippen LogP contribution in [0.3, 0.4) is 0 Å². The summed E-state index contributed by atoms with van der Waals surface area (Å²) in [5.74, 6) is 0.565. The highest BCUT2D eigenvalue weighted by atomic mass is 16.5. The Morgan fingerprint density at radius 2 is 2.50 bits per heavy atom. The number of nitrogens with zero attached hydrogens (tertiary/aromatic N) is 3. The van der Waals surface area contributed by atoms with E-state index in [0.29, 0.717) is 5.78 Å². The molecule has 2 aromatic rings. The number of imidazole rings is 1.